The van der Waals surface area contributed by atoms with Gasteiger partial charge >= 0.3 is 0 Å². The molecule has 0 bridgehead atoms. The summed E-state index contributed by atoms with van der Waals surface area (Å²) in [5, 5.41) is 10.5. The molecule has 2 aliphatic rings. The van der Waals surface area contributed by atoms with Gasteiger partial charge in [0.15, 0.2) is 0 Å². The molecule has 1 atom stereocenters. The maximum atomic E-state index is 10.5. The molecular weight excluding hydrogens is 364 g/mol. The third-order valence-electron chi connectivity index (χ3n) is 5.74. The van der Waals surface area contributed by atoms with Gasteiger partial charge in [0.05, 0.1) is 6.61 Å². The maximum Gasteiger partial charge on any atom is 0.119 e. The highest BCUT2D eigenvalue weighted by atomic mass is 16.5. The Morgan fingerprint density at radius 2 is 1.86 bits per heavy atom. The smallest absolute Gasteiger partial charge is 0.119 e. The lowest BCUT2D eigenvalue weighted by atomic mass is 10.00. The summed E-state index contributed by atoms with van der Waals surface area (Å²) in [6.07, 6.45) is 1.64. The summed E-state index contributed by atoms with van der Waals surface area (Å²) in [4.78, 5) is 4.74. The molecule has 2 aliphatic heterocycles. The normalized spacial score (nSPS) is 19.3. The van der Waals surface area contributed by atoms with E-state index in [0.717, 1.165) is 64.5 Å². The van der Waals surface area contributed by atoms with Gasteiger partial charge in [-0.2, -0.15) is 0 Å². The monoisotopic (exact) mass is 396 g/mol. The molecule has 4 rings (SSSR count). The van der Waals surface area contributed by atoms with Gasteiger partial charge in [0.2, 0.25) is 0 Å². The zero-order valence-electron chi connectivity index (χ0n) is 17.1. The minimum Gasteiger partial charge on any atom is -0.491 e. The van der Waals surface area contributed by atoms with Crippen molar-refractivity contribution in [3.8, 4) is 5.75 Å². The second-order valence-corrected chi connectivity index (χ2v) is 8.11. The van der Waals surface area contributed by atoms with Gasteiger partial charge in [-0.25, -0.2) is 0 Å². The fourth-order valence-electron chi connectivity index (χ4n) is 4.20. The molecule has 5 heteroatoms. The number of aliphatic hydroxyl groups excluding tert-OH is 1. The Bertz CT molecular complexity index is 774. The number of benzene rings is 2. The number of aliphatic hydroxyl groups is 1. The molecule has 0 aliphatic carbocycles. The van der Waals surface area contributed by atoms with Gasteiger partial charge in [0.1, 0.15) is 18.5 Å². The van der Waals surface area contributed by atoms with Crippen molar-refractivity contribution in [2.75, 3.05) is 46.0 Å². The number of fused-ring (bicyclic) bond motifs is 1. The van der Waals surface area contributed by atoms with Gasteiger partial charge in [-0.3, -0.25) is 9.80 Å². The van der Waals surface area contributed by atoms with Crippen molar-refractivity contribution >= 4 is 0 Å². The number of hydrogen-bond acceptors (Lipinski definition) is 5. The minimum atomic E-state index is -0.494. The number of hydrogen-bond donors (Lipinski definition) is 1. The Morgan fingerprint density at radius 3 is 2.79 bits per heavy atom. The first-order valence-corrected chi connectivity index (χ1v) is 10.8. The summed E-state index contributed by atoms with van der Waals surface area (Å²) in [5.41, 5.74) is 4.05. The lowest BCUT2D eigenvalue weighted by Gasteiger charge is -2.30. The summed E-state index contributed by atoms with van der Waals surface area (Å²) in [6.45, 7) is 7.48. The Labute approximate surface area is 173 Å². The van der Waals surface area contributed by atoms with Crippen LogP contribution in [0.1, 0.15) is 23.1 Å². The summed E-state index contributed by atoms with van der Waals surface area (Å²) in [6, 6.07) is 16.8. The first-order valence-electron chi connectivity index (χ1n) is 10.8. The molecule has 0 spiro atoms. The van der Waals surface area contributed by atoms with E-state index in [1.165, 1.54) is 16.7 Å². The zero-order valence-corrected chi connectivity index (χ0v) is 17.1. The summed E-state index contributed by atoms with van der Waals surface area (Å²) >= 11 is 0. The third-order valence-corrected chi connectivity index (χ3v) is 5.74. The zero-order chi connectivity index (χ0) is 19.9. The van der Waals surface area contributed by atoms with Crippen LogP contribution in [-0.4, -0.2) is 67.0 Å². The minimum absolute atomic E-state index is 0.319. The summed E-state index contributed by atoms with van der Waals surface area (Å²) < 4.78 is 11.4. The molecule has 0 aromatic heterocycles. The molecule has 0 saturated carbocycles. The molecule has 0 radical (unpaired) electrons. The number of β-amino-alcohol motifs (C(OH)–C–C–N with tert-alkyl or cyclic N) is 1. The molecule has 0 amide bonds. The lowest BCUT2D eigenvalue weighted by molar-refractivity contribution is 0.0637. The molecular formula is C24H32N2O3. The summed E-state index contributed by atoms with van der Waals surface area (Å²) in [7, 11) is 0. The van der Waals surface area contributed by atoms with Crippen LogP contribution in [0.25, 0.3) is 0 Å². The van der Waals surface area contributed by atoms with Gasteiger partial charge in [0.25, 0.3) is 0 Å². The van der Waals surface area contributed by atoms with Crippen LogP contribution in [-0.2, 0) is 24.2 Å². The van der Waals surface area contributed by atoms with E-state index in [0.29, 0.717) is 13.2 Å². The van der Waals surface area contributed by atoms with E-state index in [4.69, 9.17) is 9.47 Å². The van der Waals surface area contributed by atoms with Crippen molar-refractivity contribution in [1.82, 2.24) is 9.80 Å². The van der Waals surface area contributed by atoms with Crippen LogP contribution in [0, 0.1) is 0 Å². The molecule has 29 heavy (non-hydrogen) atoms. The van der Waals surface area contributed by atoms with Crippen molar-refractivity contribution in [2.24, 2.45) is 0 Å². The SMILES string of the molecule is O[C@@H](COc1cccc(CN2CCCOCC2)c1)CN1CCc2ccccc2C1. The molecule has 2 aromatic rings. The highest BCUT2D eigenvalue weighted by molar-refractivity contribution is 5.29. The topological polar surface area (TPSA) is 45.2 Å². The van der Waals surface area contributed by atoms with Crippen LogP contribution in [0.15, 0.2) is 48.5 Å². The summed E-state index contributed by atoms with van der Waals surface area (Å²) in [5.74, 6) is 0.830. The van der Waals surface area contributed by atoms with E-state index >= 15 is 0 Å². The number of rotatable bonds is 7. The molecule has 0 unspecified atom stereocenters. The van der Waals surface area contributed by atoms with Crippen molar-refractivity contribution in [3.05, 3.63) is 65.2 Å². The first-order chi connectivity index (χ1) is 14.3. The molecule has 1 saturated heterocycles. The number of ether oxygens (including phenoxy) is 2. The lowest BCUT2D eigenvalue weighted by Crippen LogP contribution is -2.38. The van der Waals surface area contributed by atoms with Gasteiger partial charge in [-0.1, -0.05) is 36.4 Å². The van der Waals surface area contributed by atoms with E-state index in [2.05, 4.69) is 46.2 Å². The van der Waals surface area contributed by atoms with Gasteiger partial charge in [-0.05, 0) is 41.7 Å². The van der Waals surface area contributed by atoms with Gasteiger partial charge < -0.3 is 14.6 Å². The van der Waals surface area contributed by atoms with E-state index in [-0.39, 0.29) is 0 Å². The second-order valence-electron chi connectivity index (χ2n) is 8.11. The van der Waals surface area contributed by atoms with Crippen LogP contribution in [0.2, 0.25) is 0 Å². The van der Waals surface area contributed by atoms with Crippen LogP contribution in [0.3, 0.4) is 0 Å². The average Bonchev–Trinajstić information content (AvgIpc) is 3.01. The van der Waals surface area contributed by atoms with Gasteiger partial charge in [0, 0.05) is 45.9 Å². The van der Waals surface area contributed by atoms with E-state index < -0.39 is 6.10 Å². The molecule has 1 N–H and O–H groups in total. The Kier molecular flexibility index (Phi) is 7.17. The van der Waals surface area contributed by atoms with Crippen molar-refractivity contribution < 1.29 is 14.6 Å². The molecule has 5 nitrogen and oxygen atoms in total. The van der Waals surface area contributed by atoms with Crippen molar-refractivity contribution in [2.45, 2.75) is 32.0 Å². The van der Waals surface area contributed by atoms with Crippen LogP contribution < -0.4 is 4.74 Å². The standard InChI is InChI=1S/C24H32N2O3/c27-23(18-26-11-9-21-6-1-2-7-22(21)17-26)19-29-24-8-3-5-20(15-24)16-25-10-4-13-28-14-12-25/h1-3,5-8,15,23,27H,4,9-14,16-19H2/t23-/m1/s1. The van der Waals surface area contributed by atoms with Crippen LogP contribution in [0.4, 0.5) is 0 Å². The predicted octanol–water partition coefficient (Wildman–Crippen LogP) is 2.71. The van der Waals surface area contributed by atoms with Gasteiger partial charge in [-0.15, -0.1) is 0 Å². The van der Waals surface area contributed by atoms with Crippen LogP contribution >= 0.6 is 0 Å². The molecule has 1 fully saturated rings. The third kappa shape index (κ3) is 6.03. The Hall–Kier alpha value is -1.92. The maximum absolute atomic E-state index is 10.5. The quantitative estimate of drug-likeness (QED) is 0.780. The van der Waals surface area contributed by atoms with E-state index in [1.807, 2.05) is 12.1 Å². The van der Waals surface area contributed by atoms with Crippen molar-refractivity contribution in [1.29, 1.82) is 0 Å². The first kappa shape index (κ1) is 20.4. The van der Waals surface area contributed by atoms with E-state index in [9.17, 15) is 5.11 Å². The van der Waals surface area contributed by atoms with Crippen molar-refractivity contribution in [3.63, 3.8) is 0 Å². The molecule has 2 heterocycles. The largest absolute Gasteiger partial charge is 0.491 e. The second kappa shape index (κ2) is 10.2. The molecule has 2 aromatic carbocycles. The predicted molar refractivity (Wildman–Crippen MR) is 114 cm³/mol. The highest BCUT2D eigenvalue weighted by Crippen LogP contribution is 2.19. The van der Waals surface area contributed by atoms with E-state index in [1.54, 1.807) is 0 Å². The fourth-order valence-corrected chi connectivity index (χ4v) is 4.20. The average molecular weight is 397 g/mol. The Morgan fingerprint density at radius 1 is 0.966 bits per heavy atom. The number of nitrogens with zero attached hydrogens (tertiary/aromatic N) is 2. The van der Waals surface area contributed by atoms with Crippen LogP contribution in [0.5, 0.6) is 5.75 Å². The highest BCUT2D eigenvalue weighted by Gasteiger charge is 2.19. The molecule has 156 valence electrons. The Balaban J connectivity index is 1.24. The fraction of sp³-hybridized carbons (Fsp3) is 0.500.